The molecule has 178 valence electrons. The van der Waals surface area contributed by atoms with Crippen molar-refractivity contribution in [2.24, 2.45) is 7.05 Å². The molecule has 0 spiro atoms. The maximum absolute atomic E-state index is 13.5. The zero-order chi connectivity index (χ0) is 24.8. The summed E-state index contributed by atoms with van der Waals surface area (Å²) in [5.41, 5.74) is 1.69. The monoisotopic (exact) mass is 461 g/mol. The van der Waals surface area contributed by atoms with Gasteiger partial charge >= 0.3 is 14.2 Å². The number of benzene rings is 2. The quantitative estimate of drug-likeness (QED) is 0.433. The summed E-state index contributed by atoms with van der Waals surface area (Å²) in [6.45, 7) is 16.3. The minimum absolute atomic E-state index is 0.0121. The van der Waals surface area contributed by atoms with Gasteiger partial charge in [-0.1, -0.05) is 12.1 Å². The Morgan fingerprint density at radius 1 is 0.618 bits per heavy atom. The average Bonchev–Trinajstić information content (AvgIpc) is 3.10. The van der Waals surface area contributed by atoms with Crippen LogP contribution in [0.3, 0.4) is 0 Å². The molecule has 1 aromatic heterocycles. The normalized spacial score (nSPS) is 22.7. The Bertz CT molecular complexity index is 1340. The molecule has 2 fully saturated rings. The van der Waals surface area contributed by atoms with Crippen molar-refractivity contribution in [3.8, 4) is 0 Å². The van der Waals surface area contributed by atoms with Crippen molar-refractivity contribution in [2.75, 3.05) is 0 Å². The molecule has 0 amide bonds. The van der Waals surface area contributed by atoms with Crippen molar-refractivity contribution < 1.29 is 18.6 Å². The molecule has 0 aliphatic carbocycles. The predicted molar refractivity (Wildman–Crippen MR) is 138 cm³/mol. The van der Waals surface area contributed by atoms with E-state index in [2.05, 4.69) is 4.57 Å². The van der Waals surface area contributed by atoms with E-state index in [-0.39, 0.29) is 5.43 Å². The van der Waals surface area contributed by atoms with E-state index in [0.29, 0.717) is 10.8 Å². The van der Waals surface area contributed by atoms with Gasteiger partial charge in [0.2, 0.25) is 0 Å². The highest BCUT2D eigenvalue weighted by Gasteiger charge is 2.52. The maximum atomic E-state index is 13.5. The van der Waals surface area contributed by atoms with Gasteiger partial charge in [-0.15, -0.1) is 0 Å². The molecular weight excluding hydrogens is 428 g/mol. The number of hydrogen-bond acceptors (Lipinski definition) is 5. The Kier molecular flexibility index (Phi) is 5.00. The first-order chi connectivity index (χ1) is 15.6. The van der Waals surface area contributed by atoms with Crippen LogP contribution in [0, 0.1) is 0 Å². The summed E-state index contributed by atoms with van der Waals surface area (Å²) in [7, 11) is 0.985. The minimum atomic E-state index is -0.513. The number of aromatic nitrogens is 1. The van der Waals surface area contributed by atoms with Gasteiger partial charge in [-0.3, -0.25) is 4.79 Å². The lowest BCUT2D eigenvalue weighted by Gasteiger charge is -2.32. The lowest BCUT2D eigenvalue weighted by Crippen LogP contribution is -2.41. The van der Waals surface area contributed by atoms with Gasteiger partial charge in [0, 0.05) is 17.8 Å². The summed E-state index contributed by atoms with van der Waals surface area (Å²) in [6, 6.07) is 11.7. The van der Waals surface area contributed by atoms with Crippen molar-refractivity contribution in [1.82, 2.24) is 4.57 Å². The Labute approximate surface area is 201 Å². The van der Waals surface area contributed by atoms with Gasteiger partial charge in [-0.25, -0.2) is 0 Å². The number of pyridine rings is 1. The molecule has 0 N–H and O–H groups in total. The van der Waals surface area contributed by atoms with Gasteiger partial charge in [0.15, 0.2) is 5.43 Å². The van der Waals surface area contributed by atoms with Gasteiger partial charge in [-0.2, -0.15) is 0 Å². The second-order valence-corrected chi connectivity index (χ2v) is 11.6. The maximum Gasteiger partial charge on any atom is 0.494 e. The second-order valence-electron chi connectivity index (χ2n) is 11.6. The second kappa shape index (κ2) is 7.20. The summed E-state index contributed by atoms with van der Waals surface area (Å²) >= 11 is 0. The van der Waals surface area contributed by atoms with E-state index < -0.39 is 36.6 Å². The molecule has 0 atom stereocenters. The number of hydrogen-bond donors (Lipinski definition) is 0. The highest BCUT2D eigenvalue weighted by atomic mass is 16.7. The third-order valence-corrected chi connectivity index (χ3v) is 8.31. The van der Waals surface area contributed by atoms with Crippen molar-refractivity contribution in [2.45, 2.75) is 77.8 Å². The third-order valence-electron chi connectivity index (χ3n) is 8.31. The summed E-state index contributed by atoms with van der Waals surface area (Å²) in [5.74, 6) is 0. The summed E-state index contributed by atoms with van der Waals surface area (Å²) in [5, 5.41) is 1.30. The Balaban J connectivity index is 1.59. The summed E-state index contributed by atoms with van der Waals surface area (Å²) in [6.07, 6.45) is 0. The summed E-state index contributed by atoms with van der Waals surface area (Å²) in [4.78, 5) is 13.5. The summed E-state index contributed by atoms with van der Waals surface area (Å²) < 4.78 is 26.9. The van der Waals surface area contributed by atoms with Crippen molar-refractivity contribution in [3.05, 3.63) is 46.6 Å². The van der Waals surface area contributed by atoms with Crippen molar-refractivity contribution in [3.63, 3.8) is 0 Å². The number of nitrogens with zero attached hydrogens (tertiary/aromatic N) is 1. The van der Waals surface area contributed by atoms with Crippen molar-refractivity contribution >= 4 is 47.0 Å². The van der Waals surface area contributed by atoms with Gasteiger partial charge < -0.3 is 23.2 Å². The molecule has 34 heavy (non-hydrogen) atoms. The molecule has 8 heteroatoms. The largest absolute Gasteiger partial charge is 0.494 e. The minimum Gasteiger partial charge on any atom is -0.399 e. The van der Waals surface area contributed by atoms with Crippen LogP contribution in [0.1, 0.15) is 55.4 Å². The average molecular weight is 461 g/mol. The molecule has 0 saturated carbocycles. The van der Waals surface area contributed by atoms with Crippen molar-refractivity contribution in [1.29, 1.82) is 0 Å². The number of aryl methyl sites for hydroxylation is 1. The van der Waals surface area contributed by atoms with Gasteiger partial charge in [0.1, 0.15) is 0 Å². The number of rotatable bonds is 2. The lowest BCUT2D eigenvalue weighted by atomic mass is 9.77. The first-order valence-electron chi connectivity index (χ1n) is 11.9. The Morgan fingerprint density at radius 3 is 1.56 bits per heavy atom. The molecule has 2 aliphatic heterocycles. The molecule has 3 aromatic rings. The lowest BCUT2D eigenvalue weighted by molar-refractivity contribution is 0.00578. The first kappa shape index (κ1) is 23.6. The van der Waals surface area contributed by atoms with Crippen LogP contribution in [0.2, 0.25) is 0 Å². The zero-order valence-electron chi connectivity index (χ0n) is 21.6. The molecule has 3 heterocycles. The van der Waals surface area contributed by atoms with E-state index in [1.165, 1.54) is 0 Å². The van der Waals surface area contributed by atoms with Crippen LogP contribution in [-0.2, 0) is 25.7 Å². The predicted octanol–water partition coefficient (Wildman–Crippen LogP) is 3.29. The smallest absolute Gasteiger partial charge is 0.399 e. The zero-order valence-corrected chi connectivity index (χ0v) is 21.6. The highest BCUT2D eigenvalue weighted by molar-refractivity contribution is 6.63. The molecule has 0 radical (unpaired) electrons. The van der Waals surface area contributed by atoms with Crippen LogP contribution in [-0.4, -0.2) is 41.2 Å². The van der Waals surface area contributed by atoms with Crippen LogP contribution in [0.25, 0.3) is 21.8 Å². The molecule has 5 rings (SSSR count). The number of fused-ring (bicyclic) bond motifs is 2. The van der Waals surface area contributed by atoms with Gasteiger partial charge in [0.05, 0.1) is 33.4 Å². The molecule has 6 nitrogen and oxygen atoms in total. The molecular formula is C26H33B2NO5. The van der Waals surface area contributed by atoms with E-state index >= 15 is 0 Å². The van der Waals surface area contributed by atoms with E-state index in [4.69, 9.17) is 18.6 Å². The fourth-order valence-electron chi connectivity index (χ4n) is 4.57. The van der Waals surface area contributed by atoms with Gasteiger partial charge in [0.25, 0.3) is 0 Å². The van der Waals surface area contributed by atoms with Crippen LogP contribution >= 0.6 is 0 Å². The SMILES string of the molecule is Cn1c2ccc(B3OC(C)(C)C(C)(C)O3)cc2c(=O)c2ccc(B3OC(C)(C)C(C)(C)O3)cc21. The van der Waals surface area contributed by atoms with Crippen LogP contribution < -0.4 is 16.4 Å². The fraction of sp³-hybridized carbons (Fsp3) is 0.500. The van der Waals surface area contributed by atoms with Crippen LogP contribution in [0.4, 0.5) is 0 Å². The highest BCUT2D eigenvalue weighted by Crippen LogP contribution is 2.37. The van der Waals surface area contributed by atoms with Crippen LogP contribution in [0.5, 0.6) is 0 Å². The molecule has 0 bridgehead atoms. The topological polar surface area (TPSA) is 58.9 Å². The Hall–Kier alpha value is -2.12. The first-order valence-corrected chi connectivity index (χ1v) is 11.9. The molecule has 2 aromatic carbocycles. The van der Waals surface area contributed by atoms with E-state index in [1.54, 1.807) is 0 Å². The fourth-order valence-corrected chi connectivity index (χ4v) is 4.57. The standard InChI is InChI=1S/C26H33B2NO5/c1-23(2)24(3,4)32-27(31-23)16-11-13-20-19(14-16)22(30)18-12-10-17(15-21(18)29(20)9)28-33-25(5,6)26(7,8)34-28/h10-15H,1-9H3. The van der Waals surface area contributed by atoms with Gasteiger partial charge in [-0.05, 0) is 90.6 Å². The van der Waals surface area contributed by atoms with E-state index in [0.717, 1.165) is 22.0 Å². The van der Waals surface area contributed by atoms with E-state index in [1.807, 2.05) is 98.8 Å². The van der Waals surface area contributed by atoms with Crippen LogP contribution in [0.15, 0.2) is 41.2 Å². The third kappa shape index (κ3) is 3.38. The molecule has 2 aliphatic rings. The Morgan fingerprint density at radius 2 is 1.06 bits per heavy atom. The molecule has 2 saturated heterocycles. The van der Waals surface area contributed by atoms with E-state index in [9.17, 15) is 4.79 Å². The molecule has 0 unspecified atom stereocenters.